The summed E-state index contributed by atoms with van der Waals surface area (Å²) in [6, 6.07) is 19.6. The highest BCUT2D eigenvalue weighted by atomic mass is 127. The molecule has 3 aromatic rings. The zero-order chi connectivity index (χ0) is 16.2. The molecule has 0 saturated heterocycles. The fourth-order valence-corrected chi connectivity index (χ4v) is 2.51. The van der Waals surface area contributed by atoms with Gasteiger partial charge in [0.2, 0.25) is 0 Å². The largest absolute Gasteiger partial charge is 0.457 e. The van der Waals surface area contributed by atoms with Crippen LogP contribution >= 0.6 is 22.6 Å². The van der Waals surface area contributed by atoms with Crippen molar-refractivity contribution in [2.45, 2.75) is 0 Å². The predicted octanol–water partition coefficient (Wildman–Crippen LogP) is 5.75. The molecule has 0 bridgehead atoms. The summed E-state index contributed by atoms with van der Waals surface area (Å²) in [5.74, 6) is 0.932. The molecule has 2 aromatic carbocycles. The van der Waals surface area contributed by atoms with Crippen LogP contribution < -0.4 is 0 Å². The van der Waals surface area contributed by atoms with Crippen LogP contribution in [0.4, 0.5) is 4.39 Å². The van der Waals surface area contributed by atoms with Gasteiger partial charge in [0.25, 0.3) is 0 Å². The molecular formula is C19H11FINO. The SMILES string of the molecule is N#C/C(=C/c1ccc(-c2ccc(F)cc2)o1)c1ccc(I)cc1. The van der Waals surface area contributed by atoms with Crippen LogP contribution in [0.5, 0.6) is 0 Å². The van der Waals surface area contributed by atoms with E-state index in [9.17, 15) is 9.65 Å². The zero-order valence-corrected chi connectivity index (χ0v) is 14.1. The van der Waals surface area contributed by atoms with Gasteiger partial charge >= 0.3 is 0 Å². The predicted molar refractivity (Wildman–Crippen MR) is 96.7 cm³/mol. The molecule has 112 valence electrons. The van der Waals surface area contributed by atoms with Crippen LogP contribution in [0.3, 0.4) is 0 Å². The van der Waals surface area contributed by atoms with Crippen molar-refractivity contribution in [1.29, 1.82) is 5.26 Å². The highest BCUT2D eigenvalue weighted by Crippen LogP contribution is 2.25. The van der Waals surface area contributed by atoms with Gasteiger partial charge in [0.05, 0.1) is 11.6 Å². The fourth-order valence-electron chi connectivity index (χ4n) is 2.15. The van der Waals surface area contributed by atoms with E-state index in [-0.39, 0.29) is 5.82 Å². The number of furan rings is 1. The molecule has 3 rings (SSSR count). The molecule has 0 atom stereocenters. The second-order valence-corrected chi connectivity index (χ2v) is 6.13. The molecule has 0 amide bonds. The zero-order valence-electron chi connectivity index (χ0n) is 12.0. The van der Waals surface area contributed by atoms with Crippen molar-refractivity contribution in [3.05, 3.63) is 81.4 Å². The molecule has 4 heteroatoms. The summed E-state index contributed by atoms with van der Waals surface area (Å²) in [6.07, 6.45) is 1.70. The van der Waals surface area contributed by atoms with Gasteiger partial charge in [0.15, 0.2) is 0 Å². The molecule has 0 aliphatic rings. The van der Waals surface area contributed by atoms with E-state index in [4.69, 9.17) is 4.42 Å². The van der Waals surface area contributed by atoms with Crippen LogP contribution in [-0.4, -0.2) is 0 Å². The van der Waals surface area contributed by atoms with E-state index in [2.05, 4.69) is 28.7 Å². The van der Waals surface area contributed by atoms with Crippen LogP contribution in [0.15, 0.2) is 65.1 Å². The second kappa shape index (κ2) is 6.80. The van der Waals surface area contributed by atoms with Gasteiger partial charge in [-0.05, 0) is 82.8 Å². The maximum absolute atomic E-state index is 13.0. The average molecular weight is 415 g/mol. The summed E-state index contributed by atoms with van der Waals surface area (Å²) in [5, 5.41) is 9.36. The lowest BCUT2D eigenvalue weighted by Crippen LogP contribution is -1.81. The number of benzene rings is 2. The first-order valence-corrected chi connectivity index (χ1v) is 7.97. The third-order valence-corrected chi connectivity index (χ3v) is 4.04. The molecule has 0 saturated carbocycles. The molecule has 0 unspecified atom stereocenters. The maximum Gasteiger partial charge on any atom is 0.134 e. The number of halogens is 2. The van der Waals surface area contributed by atoms with E-state index >= 15 is 0 Å². The number of hydrogen-bond donors (Lipinski definition) is 0. The van der Waals surface area contributed by atoms with Crippen molar-refractivity contribution >= 4 is 34.2 Å². The summed E-state index contributed by atoms with van der Waals surface area (Å²) in [7, 11) is 0. The van der Waals surface area contributed by atoms with Crippen LogP contribution in [0.2, 0.25) is 0 Å². The van der Waals surface area contributed by atoms with E-state index in [0.29, 0.717) is 17.1 Å². The number of nitriles is 1. The molecule has 23 heavy (non-hydrogen) atoms. The lowest BCUT2D eigenvalue weighted by molar-refractivity contribution is 0.571. The second-order valence-electron chi connectivity index (χ2n) is 4.89. The Balaban J connectivity index is 1.91. The van der Waals surface area contributed by atoms with E-state index < -0.39 is 0 Å². The number of hydrogen-bond acceptors (Lipinski definition) is 2. The minimum Gasteiger partial charge on any atom is -0.457 e. The highest BCUT2D eigenvalue weighted by molar-refractivity contribution is 14.1. The Morgan fingerprint density at radius 3 is 2.35 bits per heavy atom. The van der Waals surface area contributed by atoms with Crippen LogP contribution in [0, 0.1) is 20.7 Å². The Hall–Kier alpha value is -2.39. The maximum atomic E-state index is 13.0. The van der Waals surface area contributed by atoms with Gasteiger partial charge in [0, 0.05) is 9.13 Å². The summed E-state index contributed by atoms with van der Waals surface area (Å²) in [5.41, 5.74) is 2.16. The Labute approximate surface area is 147 Å². The van der Waals surface area contributed by atoms with Crippen molar-refractivity contribution in [1.82, 2.24) is 0 Å². The molecule has 0 aliphatic carbocycles. The topological polar surface area (TPSA) is 36.9 Å². The Bertz CT molecular complexity index is 886. The van der Waals surface area contributed by atoms with E-state index in [0.717, 1.165) is 14.7 Å². The van der Waals surface area contributed by atoms with Gasteiger partial charge in [0.1, 0.15) is 17.3 Å². The monoisotopic (exact) mass is 415 g/mol. The summed E-state index contributed by atoms with van der Waals surface area (Å²) >= 11 is 2.22. The smallest absolute Gasteiger partial charge is 0.134 e. The van der Waals surface area contributed by atoms with Crippen molar-refractivity contribution in [2.24, 2.45) is 0 Å². The van der Waals surface area contributed by atoms with Crippen molar-refractivity contribution in [2.75, 3.05) is 0 Å². The molecule has 0 radical (unpaired) electrons. The van der Waals surface area contributed by atoms with Gasteiger partial charge < -0.3 is 4.42 Å². The van der Waals surface area contributed by atoms with Crippen LogP contribution in [0.25, 0.3) is 23.0 Å². The first-order chi connectivity index (χ1) is 11.2. The molecule has 0 spiro atoms. The third-order valence-electron chi connectivity index (χ3n) is 3.32. The van der Waals surface area contributed by atoms with E-state index in [1.807, 2.05) is 30.3 Å². The number of nitrogens with zero attached hydrogens (tertiary/aromatic N) is 1. The summed E-state index contributed by atoms with van der Waals surface area (Å²) < 4.78 is 19.8. The molecule has 1 aromatic heterocycles. The molecule has 0 fully saturated rings. The fraction of sp³-hybridized carbons (Fsp3) is 0. The molecule has 0 aliphatic heterocycles. The minimum absolute atomic E-state index is 0.286. The standard InChI is InChI=1S/C19H11FINO/c20-16-5-1-14(2-6-16)19-10-9-18(23-19)11-15(12-22)13-3-7-17(21)8-4-13/h1-11H/b15-11-. The first kappa shape index (κ1) is 15.5. The van der Waals surface area contributed by atoms with Crippen molar-refractivity contribution in [3.8, 4) is 17.4 Å². The van der Waals surface area contributed by atoms with E-state index in [1.165, 1.54) is 12.1 Å². The number of rotatable bonds is 3. The molecule has 0 N–H and O–H groups in total. The van der Waals surface area contributed by atoms with Crippen LogP contribution in [0.1, 0.15) is 11.3 Å². The summed E-state index contributed by atoms with van der Waals surface area (Å²) in [6.45, 7) is 0. The van der Waals surface area contributed by atoms with Gasteiger partial charge in [-0.1, -0.05) is 12.1 Å². The van der Waals surface area contributed by atoms with E-state index in [1.54, 1.807) is 24.3 Å². The van der Waals surface area contributed by atoms with Gasteiger partial charge in [-0.25, -0.2) is 4.39 Å². The molecule has 1 heterocycles. The normalized spacial score (nSPS) is 11.3. The van der Waals surface area contributed by atoms with Gasteiger partial charge in [-0.2, -0.15) is 5.26 Å². The Morgan fingerprint density at radius 2 is 1.70 bits per heavy atom. The molecular weight excluding hydrogens is 404 g/mol. The van der Waals surface area contributed by atoms with Crippen LogP contribution in [-0.2, 0) is 0 Å². The average Bonchev–Trinajstić information content (AvgIpc) is 3.03. The van der Waals surface area contributed by atoms with Gasteiger partial charge in [-0.15, -0.1) is 0 Å². The number of allylic oxidation sites excluding steroid dienone is 1. The Kier molecular flexibility index (Phi) is 4.58. The lowest BCUT2D eigenvalue weighted by Gasteiger charge is -1.99. The highest BCUT2D eigenvalue weighted by Gasteiger charge is 2.06. The van der Waals surface area contributed by atoms with Gasteiger partial charge in [-0.3, -0.25) is 0 Å². The third kappa shape index (κ3) is 3.69. The van der Waals surface area contributed by atoms with Crippen molar-refractivity contribution in [3.63, 3.8) is 0 Å². The summed E-state index contributed by atoms with van der Waals surface area (Å²) in [4.78, 5) is 0. The lowest BCUT2D eigenvalue weighted by atomic mass is 10.1. The quantitative estimate of drug-likeness (QED) is 0.403. The minimum atomic E-state index is -0.286. The van der Waals surface area contributed by atoms with Crippen molar-refractivity contribution < 1.29 is 8.81 Å². The Morgan fingerprint density at radius 1 is 1.00 bits per heavy atom. The molecule has 2 nitrogen and oxygen atoms in total. The first-order valence-electron chi connectivity index (χ1n) is 6.89.